The van der Waals surface area contributed by atoms with Crippen molar-refractivity contribution in [3.8, 4) is 5.69 Å². The molecule has 3 aromatic rings. The van der Waals surface area contributed by atoms with Crippen molar-refractivity contribution in [2.75, 3.05) is 25.4 Å². The lowest BCUT2D eigenvalue weighted by molar-refractivity contribution is 0.362. The van der Waals surface area contributed by atoms with Crippen LogP contribution in [0, 0.1) is 13.8 Å². The summed E-state index contributed by atoms with van der Waals surface area (Å²) in [5.74, 6) is 1.00. The molecule has 4 rings (SSSR count). The molecule has 7 heteroatoms. The third-order valence-electron chi connectivity index (χ3n) is 4.90. The van der Waals surface area contributed by atoms with Crippen LogP contribution in [0.2, 0.25) is 5.02 Å². The van der Waals surface area contributed by atoms with Crippen LogP contribution in [0.1, 0.15) is 24.2 Å². The molecule has 1 aliphatic heterocycles. The number of para-hydroxylation sites is 1. The number of halogens is 1. The van der Waals surface area contributed by atoms with Gasteiger partial charge in [-0.1, -0.05) is 23.7 Å². The van der Waals surface area contributed by atoms with Gasteiger partial charge in [-0.15, -0.1) is 16.9 Å². The Morgan fingerprint density at radius 2 is 1.88 bits per heavy atom. The van der Waals surface area contributed by atoms with Gasteiger partial charge in [0.1, 0.15) is 10.5 Å². The van der Waals surface area contributed by atoms with E-state index in [1.165, 1.54) is 25.9 Å². The summed E-state index contributed by atoms with van der Waals surface area (Å²) in [6.45, 7) is 7.57. The van der Waals surface area contributed by atoms with E-state index in [4.69, 9.17) is 16.7 Å². The third-order valence-corrected chi connectivity index (χ3v) is 6.15. The maximum absolute atomic E-state index is 6.39. The van der Waals surface area contributed by atoms with Gasteiger partial charge >= 0.3 is 0 Å². The fourth-order valence-corrected chi connectivity index (χ4v) is 4.67. The first-order valence-corrected chi connectivity index (χ1v) is 10.3. The van der Waals surface area contributed by atoms with E-state index in [9.17, 15) is 0 Å². The van der Waals surface area contributed by atoms with Gasteiger partial charge in [-0.2, -0.15) is 10.2 Å². The van der Waals surface area contributed by atoms with Crippen molar-refractivity contribution in [2.24, 2.45) is 0 Å². The summed E-state index contributed by atoms with van der Waals surface area (Å²) in [5.41, 5.74) is 3.75. The van der Waals surface area contributed by atoms with Crippen LogP contribution in [-0.2, 0) is 0 Å². The van der Waals surface area contributed by atoms with Crippen LogP contribution in [-0.4, -0.2) is 50.3 Å². The Balaban J connectivity index is 1.68. The van der Waals surface area contributed by atoms with Gasteiger partial charge in [-0.05, 0) is 51.9 Å². The number of aryl methyl sites for hydroxylation is 2. The molecular weight excluding hydrogens is 366 g/mol. The van der Waals surface area contributed by atoms with Crippen molar-refractivity contribution >= 4 is 34.3 Å². The van der Waals surface area contributed by atoms with Crippen molar-refractivity contribution in [3.63, 3.8) is 0 Å². The van der Waals surface area contributed by atoms with E-state index in [1.807, 2.05) is 35.9 Å². The fourth-order valence-electron chi connectivity index (χ4n) is 3.54. The van der Waals surface area contributed by atoms with Gasteiger partial charge in [0, 0.05) is 17.7 Å². The Hall–Kier alpha value is -1.63. The normalized spacial score (nSPS) is 15.2. The Morgan fingerprint density at radius 1 is 1.12 bits per heavy atom. The first-order valence-electron chi connectivity index (χ1n) is 8.98. The molecule has 0 unspecified atom stereocenters. The zero-order valence-electron chi connectivity index (χ0n) is 15.1. The van der Waals surface area contributed by atoms with E-state index < -0.39 is 0 Å². The van der Waals surface area contributed by atoms with Crippen LogP contribution in [0.3, 0.4) is 0 Å². The highest BCUT2D eigenvalue weighted by molar-refractivity contribution is 7.99. The first-order chi connectivity index (χ1) is 12.6. The number of benzene rings is 1. The predicted molar refractivity (Wildman–Crippen MR) is 108 cm³/mol. The largest absolute Gasteiger partial charge is 0.303 e. The molecule has 0 atom stereocenters. The summed E-state index contributed by atoms with van der Waals surface area (Å²) in [5, 5.41) is 16.3. The van der Waals surface area contributed by atoms with Crippen molar-refractivity contribution in [3.05, 3.63) is 40.7 Å². The number of likely N-dealkylation sites (tertiary alicyclic amines) is 1. The van der Waals surface area contributed by atoms with E-state index in [1.54, 1.807) is 11.8 Å². The number of aromatic nitrogens is 4. The van der Waals surface area contributed by atoms with E-state index in [-0.39, 0.29) is 0 Å². The molecule has 26 heavy (non-hydrogen) atoms. The lowest BCUT2D eigenvalue weighted by Gasteiger charge is -2.13. The second-order valence-electron chi connectivity index (χ2n) is 6.66. The summed E-state index contributed by atoms with van der Waals surface area (Å²) in [7, 11) is 0. The van der Waals surface area contributed by atoms with Gasteiger partial charge in [-0.25, -0.2) is 4.68 Å². The second-order valence-corrected chi connectivity index (χ2v) is 8.15. The minimum absolute atomic E-state index is 0.685. The van der Waals surface area contributed by atoms with Crippen LogP contribution in [0.15, 0.2) is 29.3 Å². The predicted octanol–water partition coefficient (Wildman–Crippen LogP) is 4.27. The highest BCUT2D eigenvalue weighted by Gasteiger charge is 2.19. The Kier molecular flexibility index (Phi) is 5.16. The number of hydrogen-bond donors (Lipinski definition) is 0. The molecule has 0 saturated carbocycles. The lowest BCUT2D eigenvalue weighted by Crippen LogP contribution is -2.21. The number of rotatable bonds is 5. The molecule has 1 fully saturated rings. The third kappa shape index (κ3) is 3.33. The molecule has 0 amide bonds. The molecule has 5 nitrogen and oxygen atoms in total. The molecule has 1 saturated heterocycles. The van der Waals surface area contributed by atoms with Gasteiger partial charge in [0.15, 0.2) is 0 Å². The van der Waals surface area contributed by atoms with Gasteiger partial charge in [0.2, 0.25) is 0 Å². The average molecular weight is 388 g/mol. The summed E-state index contributed by atoms with van der Waals surface area (Å²) in [6.07, 6.45) is 2.64. The molecule has 0 aliphatic carbocycles. The van der Waals surface area contributed by atoms with Gasteiger partial charge in [0.05, 0.1) is 22.1 Å². The molecule has 3 heterocycles. The average Bonchev–Trinajstić information content (AvgIpc) is 3.26. The Morgan fingerprint density at radius 3 is 2.65 bits per heavy atom. The molecule has 2 aromatic heterocycles. The zero-order valence-corrected chi connectivity index (χ0v) is 16.6. The Labute approximate surface area is 162 Å². The van der Waals surface area contributed by atoms with Crippen molar-refractivity contribution < 1.29 is 0 Å². The zero-order chi connectivity index (χ0) is 18.1. The van der Waals surface area contributed by atoms with E-state index in [2.05, 4.69) is 22.0 Å². The quantitative estimate of drug-likeness (QED) is 0.611. The Bertz CT molecular complexity index is 933. The number of hydrogen-bond acceptors (Lipinski definition) is 5. The lowest BCUT2D eigenvalue weighted by atomic mass is 10.2. The topological polar surface area (TPSA) is 46.8 Å². The van der Waals surface area contributed by atoms with Crippen molar-refractivity contribution in [1.82, 2.24) is 24.9 Å². The molecule has 136 valence electrons. The van der Waals surface area contributed by atoms with Gasteiger partial charge in [-0.3, -0.25) is 0 Å². The van der Waals surface area contributed by atoms with Crippen LogP contribution in [0.5, 0.6) is 0 Å². The maximum Gasteiger partial charge on any atom is 0.147 e. The van der Waals surface area contributed by atoms with Gasteiger partial charge in [0.25, 0.3) is 0 Å². The molecular formula is C19H22ClN5S. The smallest absolute Gasteiger partial charge is 0.147 e. The number of thioether (sulfide) groups is 1. The molecule has 1 aliphatic rings. The van der Waals surface area contributed by atoms with Crippen molar-refractivity contribution in [2.45, 2.75) is 31.7 Å². The second kappa shape index (κ2) is 7.55. The van der Waals surface area contributed by atoms with Crippen LogP contribution in [0.4, 0.5) is 0 Å². The van der Waals surface area contributed by atoms with Crippen LogP contribution >= 0.6 is 23.4 Å². The van der Waals surface area contributed by atoms with E-state index in [0.29, 0.717) is 5.02 Å². The van der Waals surface area contributed by atoms with E-state index >= 15 is 0 Å². The summed E-state index contributed by atoms with van der Waals surface area (Å²) < 4.78 is 1.91. The summed E-state index contributed by atoms with van der Waals surface area (Å²) in [4.78, 5) is 2.51. The van der Waals surface area contributed by atoms with Gasteiger partial charge < -0.3 is 4.90 Å². The van der Waals surface area contributed by atoms with Crippen LogP contribution < -0.4 is 0 Å². The molecule has 0 N–H and O–H groups in total. The molecule has 0 radical (unpaired) electrons. The van der Waals surface area contributed by atoms with E-state index in [0.717, 1.165) is 45.3 Å². The SMILES string of the molecule is Cc1nnc(SCCN2CCCC2)c2nn(-c3ccccc3Cl)c(C)c12. The van der Waals surface area contributed by atoms with Crippen molar-refractivity contribution in [1.29, 1.82) is 0 Å². The monoisotopic (exact) mass is 387 g/mol. The summed E-state index contributed by atoms with van der Waals surface area (Å²) in [6, 6.07) is 7.77. The fraction of sp³-hybridized carbons (Fsp3) is 0.421. The first kappa shape index (κ1) is 17.8. The minimum Gasteiger partial charge on any atom is -0.303 e. The standard InChI is InChI=1S/C19H22ClN5S/c1-13-17-14(2)25(16-8-4-3-7-15(16)20)23-18(17)19(22-21-13)26-12-11-24-9-5-6-10-24/h3-4,7-8H,5-6,9-12H2,1-2H3. The molecule has 0 spiro atoms. The minimum atomic E-state index is 0.685. The molecule has 0 bridgehead atoms. The van der Waals surface area contributed by atoms with Crippen LogP contribution in [0.25, 0.3) is 16.6 Å². The highest BCUT2D eigenvalue weighted by Crippen LogP contribution is 2.31. The summed E-state index contributed by atoms with van der Waals surface area (Å²) >= 11 is 8.13. The maximum atomic E-state index is 6.39. The highest BCUT2D eigenvalue weighted by atomic mass is 35.5. The number of fused-ring (bicyclic) bond motifs is 1. The number of nitrogens with zero attached hydrogens (tertiary/aromatic N) is 5. The molecule has 1 aromatic carbocycles.